The fourth-order valence-electron chi connectivity index (χ4n) is 2.21. The minimum absolute atomic E-state index is 0.300. The van der Waals surface area contributed by atoms with Crippen LogP contribution in [0.2, 0.25) is 0 Å². The zero-order chi connectivity index (χ0) is 15.9. The van der Waals surface area contributed by atoms with Crippen molar-refractivity contribution in [2.45, 2.75) is 12.6 Å². The number of benzene rings is 1. The molecule has 22 heavy (non-hydrogen) atoms. The van der Waals surface area contributed by atoms with Gasteiger partial charge in [0.15, 0.2) is 0 Å². The first-order chi connectivity index (χ1) is 10.5. The van der Waals surface area contributed by atoms with E-state index in [9.17, 15) is 5.11 Å². The molecule has 0 aliphatic rings. The summed E-state index contributed by atoms with van der Waals surface area (Å²) in [4.78, 5) is 1.94. The number of nitrogens with zero attached hydrogens (tertiary/aromatic N) is 2. The molecule has 1 atom stereocenters. The van der Waals surface area contributed by atoms with Crippen molar-refractivity contribution in [2.24, 2.45) is 7.05 Å². The summed E-state index contributed by atoms with van der Waals surface area (Å²) in [7, 11) is 5.89. The molecule has 0 saturated carbocycles. The highest BCUT2D eigenvalue weighted by atomic mass is 16.5. The van der Waals surface area contributed by atoms with E-state index < -0.39 is 6.10 Å². The second kappa shape index (κ2) is 7.87. The summed E-state index contributed by atoms with van der Waals surface area (Å²) in [6.07, 6.45) is 1.55. The molecule has 5 nitrogen and oxygen atoms in total. The molecule has 0 spiro atoms. The van der Waals surface area contributed by atoms with Crippen molar-refractivity contribution in [2.75, 3.05) is 32.6 Å². The fraction of sp³-hybridized carbons (Fsp3) is 0.412. The second-order valence-corrected chi connectivity index (χ2v) is 5.72. The first-order valence-corrected chi connectivity index (χ1v) is 7.44. The van der Waals surface area contributed by atoms with Crippen LogP contribution in [0.15, 0.2) is 42.6 Å². The van der Waals surface area contributed by atoms with Gasteiger partial charge in [-0.15, -0.1) is 0 Å². The lowest BCUT2D eigenvalue weighted by atomic mass is 10.3. The molecule has 0 radical (unpaired) electrons. The lowest BCUT2D eigenvalue weighted by Gasteiger charge is -2.16. The molecule has 2 aromatic rings. The summed E-state index contributed by atoms with van der Waals surface area (Å²) in [5, 5.41) is 13.1. The summed E-state index contributed by atoms with van der Waals surface area (Å²) in [6.45, 7) is 1.68. The van der Waals surface area contributed by atoms with E-state index in [1.165, 1.54) is 5.69 Å². The first kappa shape index (κ1) is 16.4. The number of hydrogen-bond acceptors (Lipinski definition) is 4. The van der Waals surface area contributed by atoms with Gasteiger partial charge in [0.2, 0.25) is 0 Å². The van der Waals surface area contributed by atoms with Gasteiger partial charge in [-0.05, 0) is 50.5 Å². The van der Waals surface area contributed by atoms with Crippen molar-refractivity contribution in [3.8, 4) is 5.75 Å². The molecule has 1 aromatic carbocycles. The van der Waals surface area contributed by atoms with Crippen LogP contribution in [0.3, 0.4) is 0 Å². The molecule has 0 saturated heterocycles. The number of likely N-dealkylation sites (N-methyl/N-ethyl adjacent to an activating group) is 1. The Kier molecular flexibility index (Phi) is 5.86. The normalized spacial score (nSPS) is 12.4. The maximum absolute atomic E-state index is 9.77. The molecule has 0 bridgehead atoms. The van der Waals surface area contributed by atoms with Crippen LogP contribution >= 0.6 is 0 Å². The van der Waals surface area contributed by atoms with E-state index in [1.807, 2.05) is 62.6 Å². The Labute approximate surface area is 132 Å². The maximum Gasteiger partial charge on any atom is 0.119 e. The molecule has 0 fully saturated rings. The summed E-state index contributed by atoms with van der Waals surface area (Å²) in [5.41, 5.74) is 2.27. The number of anilines is 1. The van der Waals surface area contributed by atoms with Crippen molar-refractivity contribution < 1.29 is 9.84 Å². The number of nitrogens with one attached hydrogen (secondary N) is 1. The van der Waals surface area contributed by atoms with Crippen LogP contribution in [0.1, 0.15) is 5.69 Å². The number of ether oxygens (including phenoxy) is 1. The van der Waals surface area contributed by atoms with Gasteiger partial charge >= 0.3 is 0 Å². The van der Waals surface area contributed by atoms with Gasteiger partial charge in [0.25, 0.3) is 0 Å². The Balaban J connectivity index is 1.79. The number of aryl methyl sites for hydroxylation is 1. The highest BCUT2D eigenvalue weighted by Gasteiger charge is 2.06. The van der Waals surface area contributed by atoms with E-state index in [2.05, 4.69) is 16.0 Å². The summed E-state index contributed by atoms with van der Waals surface area (Å²) >= 11 is 0. The lowest BCUT2D eigenvalue weighted by Crippen LogP contribution is -2.30. The van der Waals surface area contributed by atoms with Gasteiger partial charge < -0.3 is 24.6 Å². The van der Waals surface area contributed by atoms with E-state index in [0.29, 0.717) is 13.2 Å². The molecule has 0 amide bonds. The Morgan fingerprint density at radius 3 is 2.55 bits per heavy atom. The Hall–Kier alpha value is -1.98. The Morgan fingerprint density at radius 2 is 1.95 bits per heavy atom. The van der Waals surface area contributed by atoms with E-state index >= 15 is 0 Å². The standard InChI is InChI=1S/C17H25N3O2/c1-19(2)12-16(21)13-22-17-8-6-14(7-9-17)18-11-15-5-4-10-20(15)3/h4-10,16,18,21H,11-13H2,1-3H3. The third-order valence-electron chi connectivity index (χ3n) is 3.40. The van der Waals surface area contributed by atoms with Gasteiger partial charge in [-0.1, -0.05) is 0 Å². The summed E-state index contributed by atoms with van der Waals surface area (Å²) in [6, 6.07) is 11.9. The van der Waals surface area contributed by atoms with Crippen molar-refractivity contribution in [3.63, 3.8) is 0 Å². The molecule has 0 aliphatic carbocycles. The highest BCUT2D eigenvalue weighted by Crippen LogP contribution is 2.16. The molecule has 1 heterocycles. The predicted molar refractivity (Wildman–Crippen MR) is 89.2 cm³/mol. The average molecular weight is 303 g/mol. The molecule has 2 N–H and O–H groups in total. The third-order valence-corrected chi connectivity index (χ3v) is 3.40. The van der Waals surface area contributed by atoms with Crippen LogP contribution in [-0.2, 0) is 13.6 Å². The lowest BCUT2D eigenvalue weighted by molar-refractivity contribution is 0.0831. The maximum atomic E-state index is 9.77. The monoisotopic (exact) mass is 303 g/mol. The van der Waals surface area contributed by atoms with Crippen LogP contribution in [0, 0.1) is 0 Å². The minimum atomic E-state index is -0.481. The van der Waals surface area contributed by atoms with Gasteiger partial charge in [-0.25, -0.2) is 0 Å². The van der Waals surface area contributed by atoms with E-state index in [4.69, 9.17) is 4.74 Å². The molecule has 0 aliphatic heterocycles. The van der Waals surface area contributed by atoms with E-state index in [0.717, 1.165) is 18.0 Å². The van der Waals surface area contributed by atoms with Gasteiger partial charge in [-0.3, -0.25) is 0 Å². The number of rotatable bonds is 8. The van der Waals surface area contributed by atoms with Crippen LogP contribution in [0.25, 0.3) is 0 Å². The molecule has 2 rings (SSSR count). The fourth-order valence-corrected chi connectivity index (χ4v) is 2.21. The third kappa shape index (κ3) is 5.09. The SMILES string of the molecule is CN(C)CC(O)COc1ccc(NCc2cccn2C)cc1. The molecular weight excluding hydrogens is 278 g/mol. The molecule has 1 unspecified atom stereocenters. The topological polar surface area (TPSA) is 49.7 Å². The first-order valence-electron chi connectivity index (χ1n) is 7.44. The van der Waals surface area contributed by atoms with E-state index in [1.54, 1.807) is 0 Å². The number of aliphatic hydroxyl groups is 1. The second-order valence-electron chi connectivity index (χ2n) is 5.72. The zero-order valence-electron chi connectivity index (χ0n) is 13.5. The largest absolute Gasteiger partial charge is 0.491 e. The van der Waals surface area contributed by atoms with Crippen molar-refractivity contribution in [1.29, 1.82) is 0 Å². The molecular formula is C17H25N3O2. The molecule has 1 aromatic heterocycles. The summed E-state index contributed by atoms with van der Waals surface area (Å²) in [5.74, 6) is 0.766. The number of hydrogen-bond donors (Lipinski definition) is 2. The van der Waals surface area contributed by atoms with Gasteiger partial charge in [0.05, 0.1) is 6.54 Å². The smallest absolute Gasteiger partial charge is 0.119 e. The van der Waals surface area contributed by atoms with Gasteiger partial charge in [-0.2, -0.15) is 0 Å². The molecule has 5 heteroatoms. The van der Waals surface area contributed by atoms with Gasteiger partial charge in [0, 0.05) is 31.2 Å². The zero-order valence-corrected chi connectivity index (χ0v) is 13.5. The van der Waals surface area contributed by atoms with Crippen LogP contribution in [0.5, 0.6) is 5.75 Å². The van der Waals surface area contributed by atoms with Crippen molar-refractivity contribution >= 4 is 5.69 Å². The van der Waals surface area contributed by atoms with Crippen molar-refractivity contribution in [1.82, 2.24) is 9.47 Å². The van der Waals surface area contributed by atoms with Crippen molar-refractivity contribution in [3.05, 3.63) is 48.3 Å². The number of aromatic nitrogens is 1. The quantitative estimate of drug-likeness (QED) is 0.782. The summed E-state index contributed by atoms with van der Waals surface area (Å²) < 4.78 is 7.68. The van der Waals surface area contributed by atoms with Crippen LogP contribution < -0.4 is 10.1 Å². The highest BCUT2D eigenvalue weighted by molar-refractivity contribution is 5.46. The Bertz CT molecular complexity index is 564. The average Bonchev–Trinajstić information content (AvgIpc) is 2.89. The van der Waals surface area contributed by atoms with Crippen LogP contribution in [-0.4, -0.2) is 47.9 Å². The van der Waals surface area contributed by atoms with E-state index in [-0.39, 0.29) is 0 Å². The Morgan fingerprint density at radius 1 is 1.23 bits per heavy atom. The molecule has 120 valence electrons. The van der Waals surface area contributed by atoms with Gasteiger partial charge in [0.1, 0.15) is 18.5 Å². The van der Waals surface area contributed by atoms with Crippen LogP contribution in [0.4, 0.5) is 5.69 Å². The number of aliphatic hydroxyl groups excluding tert-OH is 1. The minimum Gasteiger partial charge on any atom is -0.491 e. The predicted octanol–water partition coefficient (Wildman–Crippen LogP) is 1.94.